The van der Waals surface area contributed by atoms with Gasteiger partial charge in [0.25, 0.3) is 0 Å². The van der Waals surface area contributed by atoms with Gasteiger partial charge < -0.3 is 14.9 Å². The van der Waals surface area contributed by atoms with Gasteiger partial charge in [0.2, 0.25) is 0 Å². The molecule has 0 radical (unpaired) electrons. The van der Waals surface area contributed by atoms with Gasteiger partial charge in [-0.25, -0.2) is 4.79 Å². The summed E-state index contributed by atoms with van der Waals surface area (Å²) in [5, 5.41) is 18.4. The van der Waals surface area contributed by atoms with Crippen molar-refractivity contribution in [1.82, 2.24) is 0 Å². The quantitative estimate of drug-likeness (QED) is 0.856. The van der Waals surface area contributed by atoms with Gasteiger partial charge in [-0.15, -0.1) is 0 Å². The van der Waals surface area contributed by atoms with E-state index in [0.29, 0.717) is 11.3 Å². The summed E-state index contributed by atoms with van der Waals surface area (Å²) in [5.74, 6) is 1.18. The molecule has 4 nitrogen and oxygen atoms in total. The molecule has 1 aliphatic rings. The van der Waals surface area contributed by atoms with E-state index in [9.17, 15) is 9.90 Å². The van der Waals surface area contributed by atoms with E-state index in [-0.39, 0.29) is 6.10 Å². The Kier molecular flexibility index (Phi) is 3.91. The molecule has 2 unspecified atom stereocenters. The Hall–Kier alpha value is -1.20. The molecule has 5 heteroatoms. The Bertz CT molecular complexity index is 401. The van der Waals surface area contributed by atoms with Gasteiger partial charge in [0, 0.05) is 11.3 Å². The molecule has 0 amide bonds. The fraction of sp³-hybridized carbons (Fsp3) is 0.417. The van der Waals surface area contributed by atoms with Crippen LogP contribution in [0.4, 0.5) is 0 Å². The van der Waals surface area contributed by atoms with Crippen LogP contribution in [0, 0.1) is 0 Å². The highest BCUT2D eigenvalue weighted by molar-refractivity contribution is 7.99. The number of thioether (sulfide) groups is 1. The van der Waals surface area contributed by atoms with Crippen molar-refractivity contribution < 1.29 is 19.7 Å². The van der Waals surface area contributed by atoms with Crippen LogP contribution in [0.2, 0.25) is 0 Å². The fourth-order valence-electron chi connectivity index (χ4n) is 1.73. The summed E-state index contributed by atoms with van der Waals surface area (Å²) in [4.78, 5) is 10.8. The van der Waals surface area contributed by atoms with Crippen LogP contribution in [-0.4, -0.2) is 33.8 Å². The summed E-state index contributed by atoms with van der Waals surface area (Å²) in [7, 11) is 0. The maximum Gasteiger partial charge on any atom is 0.337 e. The molecule has 0 aromatic heterocycles. The molecule has 1 aromatic rings. The van der Waals surface area contributed by atoms with Gasteiger partial charge in [0.15, 0.2) is 6.10 Å². The summed E-state index contributed by atoms with van der Waals surface area (Å²) in [5.41, 5.74) is 0.317. The standard InChI is InChI=1S/C12H14O4S/c13-11(12(14)15)9-3-1-2-4-10(9)16-8-5-6-17-7-8/h1-4,8,11,13H,5-7H2,(H,14,15). The molecule has 1 aromatic carbocycles. The Morgan fingerprint density at radius 1 is 1.47 bits per heavy atom. The number of aliphatic carboxylic acids is 1. The third-order valence-corrected chi connectivity index (χ3v) is 3.76. The van der Waals surface area contributed by atoms with E-state index in [1.54, 1.807) is 24.3 Å². The number of carboxylic acids is 1. The van der Waals surface area contributed by atoms with E-state index in [4.69, 9.17) is 9.84 Å². The lowest BCUT2D eigenvalue weighted by Crippen LogP contribution is -2.18. The van der Waals surface area contributed by atoms with Gasteiger partial charge >= 0.3 is 5.97 Å². The van der Waals surface area contributed by atoms with Crippen molar-refractivity contribution in [1.29, 1.82) is 0 Å². The number of aliphatic hydroxyl groups is 1. The molecule has 17 heavy (non-hydrogen) atoms. The molecular weight excluding hydrogens is 240 g/mol. The van der Waals surface area contributed by atoms with Crippen LogP contribution in [-0.2, 0) is 4.79 Å². The van der Waals surface area contributed by atoms with E-state index >= 15 is 0 Å². The van der Waals surface area contributed by atoms with E-state index in [1.165, 1.54) is 0 Å². The maximum atomic E-state index is 10.8. The van der Waals surface area contributed by atoms with Crippen molar-refractivity contribution in [3.63, 3.8) is 0 Å². The zero-order valence-electron chi connectivity index (χ0n) is 9.20. The average molecular weight is 254 g/mol. The molecule has 1 fully saturated rings. The highest BCUT2D eigenvalue weighted by Crippen LogP contribution is 2.29. The number of carbonyl (C=O) groups is 1. The number of hydrogen-bond donors (Lipinski definition) is 2. The lowest BCUT2D eigenvalue weighted by atomic mass is 10.1. The lowest BCUT2D eigenvalue weighted by molar-refractivity contribution is -0.147. The average Bonchev–Trinajstić information content (AvgIpc) is 2.81. The van der Waals surface area contributed by atoms with Gasteiger partial charge in [-0.05, 0) is 18.2 Å². The van der Waals surface area contributed by atoms with Crippen molar-refractivity contribution in [2.75, 3.05) is 11.5 Å². The van der Waals surface area contributed by atoms with Crippen molar-refractivity contribution in [3.05, 3.63) is 29.8 Å². The predicted molar refractivity (Wildman–Crippen MR) is 65.4 cm³/mol. The molecule has 1 aliphatic heterocycles. The molecule has 2 atom stereocenters. The second kappa shape index (κ2) is 5.42. The molecule has 92 valence electrons. The molecular formula is C12H14O4S. The summed E-state index contributed by atoms with van der Waals surface area (Å²) >= 11 is 1.82. The Labute approximate surface area is 104 Å². The molecule has 2 rings (SSSR count). The SMILES string of the molecule is O=C(O)C(O)c1ccccc1OC1CCSC1. The second-order valence-electron chi connectivity index (χ2n) is 3.88. The van der Waals surface area contributed by atoms with Gasteiger partial charge in [-0.3, -0.25) is 0 Å². The van der Waals surface area contributed by atoms with Crippen LogP contribution in [0.5, 0.6) is 5.75 Å². The predicted octanol–water partition coefficient (Wildman–Crippen LogP) is 1.69. The number of hydrogen-bond acceptors (Lipinski definition) is 4. The molecule has 1 saturated heterocycles. The summed E-state index contributed by atoms with van der Waals surface area (Å²) in [6, 6.07) is 6.74. The first-order valence-corrected chi connectivity index (χ1v) is 6.58. The molecule has 2 N–H and O–H groups in total. The highest BCUT2D eigenvalue weighted by Gasteiger charge is 2.23. The zero-order chi connectivity index (χ0) is 12.3. The minimum absolute atomic E-state index is 0.113. The van der Waals surface area contributed by atoms with Crippen LogP contribution in [0.25, 0.3) is 0 Å². The third kappa shape index (κ3) is 2.92. The molecule has 1 heterocycles. The first-order valence-electron chi connectivity index (χ1n) is 5.42. The number of para-hydroxylation sites is 1. The summed E-state index contributed by atoms with van der Waals surface area (Å²) in [6.45, 7) is 0. The monoisotopic (exact) mass is 254 g/mol. The smallest absolute Gasteiger partial charge is 0.337 e. The minimum atomic E-state index is -1.53. The maximum absolute atomic E-state index is 10.8. The molecule has 0 spiro atoms. The Morgan fingerprint density at radius 3 is 2.88 bits per heavy atom. The van der Waals surface area contributed by atoms with Crippen molar-refractivity contribution in [2.24, 2.45) is 0 Å². The highest BCUT2D eigenvalue weighted by atomic mass is 32.2. The van der Waals surface area contributed by atoms with Crippen molar-refractivity contribution >= 4 is 17.7 Å². The number of benzene rings is 1. The zero-order valence-corrected chi connectivity index (χ0v) is 10.0. The van der Waals surface area contributed by atoms with Crippen molar-refractivity contribution in [3.8, 4) is 5.75 Å². The van der Waals surface area contributed by atoms with Crippen LogP contribution < -0.4 is 4.74 Å². The van der Waals surface area contributed by atoms with Crippen LogP contribution in [0.3, 0.4) is 0 Å². The molecule has 0 saturated carbocycles. The number of rotatable bonds is 4. The lowest BCUT2D eigenvalue weighted by Gasteiger charge is -2.17. The topological polar surface area (TPSA) is 66.8 Å². The van der Waals surface area contributed by atoms with E-state index in [0.717, 1.165) is 17.9 Å². The van der Waals surface area contributed by atoms with E-state index in [2.05, 4.69) is 0 Å². The number of carboxylic acid groups (broad SMARTS) is 1. The van der Waals surface area contributed by atoms with Gasteiger partial charge in [-0.1, -0.05) is 18.2 Å². The third-order valence-electron chi connectivity index (χ3n) is 2.63. The van der Waals surface area contributed by atoms with Gasteiger partial charge in [-0.2, -0.15) is 11.8 Å². The summed E-state index contributed by atoms with van der Waals surface area (Å²) < 4.78 is 5.73. The normalized spacial score (nSPS) is 21.1. The molecule has 0 bridgehead atoms. The van der Waals surface area contributed by atoms with Crippen LogP contribution >= 0.6 is 11.8 Å². The van der Waals surface area contributed by atoms with E-state index in [1.807, 2.05) is 11.8 Å². The van der Waals surface area contributed by atoms with Gasteiger partial charge in [0.05, 0.1) is 0 Å². The number of ether oxygens (including phenoxy) is 1. The fourth-order valence-corrected chi connectivity index (χ4v) is 2.83. The first-order chi connectivity index (χ1) is 8.18. The minimum Gasteiger partial charge on any atom is -0.489 e. The summed E-state index contributed by atoms with van der Waals surface area (Å²) in [6.07, 6.45) is -0.454. The van der Waals surface area contributed by atoms with E-state index < -0.39 is 12.1 Å². The Morgan fingerprint density at radius 2 is 2.24 bits per heavy atom. The van der Waals surface area contributed by atoms with Crippen LogP contribution in [0.1, 0.15) is 18.1 Å². The second-order valence-corrected chi connectivity index (χ2v) is 5.03. The Balaban J connectivity index is 2.17. The molecule has 0 aliphatic carbocycles. The first kappa shape index (κ1) is 12.3. The van der Waals surface area contributed by atoms with Crippen LogP contribution in [0.15, 0.2) is 24.3 Å². The largest absolute Gasteiger partial charge is 0.489 e. The number of aliphatic hydroxyl groups excluding tert-OH is 1. The van der Waals surface area contributed by atoms with Gasteiger partial charge in [0.1, 0.15) is 11.9 Å². The van der Waals surface area contributed by atoms with Crippen molar-refractivity contribution in [2.45, 2.75) is 18.6 Å².